The smallest absolute Gasteiger partial charge is 0.230 e. The number of benzene rings is 2. The van der Waals surface area contributed by atoms with Gasteiger partial charge < -0.3 is 10.1 Å². The Hall–Kier alpha value is -2.48. The Balaban J connectivity index is 1.43. The van der Waals surface area contributed by atoms with Crippen molar-refractivity contribution in [2.75, 3.05) is 32.1 Å². The number of para-hydroxylation sites is 1. The Bertz CT molecular complexity index is 961. The van der Waals surface area contributed by atoms with E-state index in [1.54, 1.807) is 0 Å². The molecule has 150 valence electrons. The number of nitrogens with one attached hydrogen (secondary N) is 1. The molecule has 0 aliphatic carbocycles. The Morgan fingerprint density at radius 2 is 1.79 bits per heavy atom. The van der Waals surface area contributed by atoms with E-state index in [9.17, 15) is 4.79 Å². The number of thioether (sulfide) groups is 1. The van der Waals surface area contributed by atoms with Crippen LogP contribution in [0.2, 0.25) is 0 Å². The standard InChI is InChI=1S/C22H24N4O2S/c27-21(23-14-17-6-2-1-3-7-17)16-29-22-18-8-4-5-9-19(18)24-20(25-22)15-26-10-12-28-13-11-26/h1-9H,10-16H2,(H,23,27). The molecule has 1 aromatic heterocycles. The van der Waals surface area contributed by atoms with E-state index in [4.69, 9.17) is 14.7 Å². The summed E-state index contributed by atoms with van der Waals surface area (Å²) >= 11 is 1.46. The summed E-state index contributed by atoms with van der Waals surface area (Å²) in [7, 11) is 0. The number of nitrogens with zero attached hydrogens (tertiary/aromatic N) is 3. The van der Waals surface area contributed by atoms with Gasteiger partial charge in [-0.15, -0.1) is 0 Å². The Morgan fingerprint density at radius 1 is 1.03 bits per heavy atom. The van der Waals surface area contributed by atoms with Gasteiger partial charge in [0.1, 0.15) is 10.9 Å². The van der Waals surface area contributed by atoms with Crippen molar-refractivity contribution in [2.45, 2.75) is 18.1 Å². The summed E-state index contributed by atoms with van der Waals surface area (Å²) in [6.07, 6.45) is 0. The summed E-state index contributed by atoms with van der Waals surface area (Å²) in [5.74, 6) is 1.11. The molecule has 1 aliphatic rings. The molecule has 3 aromatic rings. The Kier molecular flexibility index (Phi) is 6.71. The molecule has 7 heteroatoms. The second kappa shape index (κ2) is 9.82. The first kappa shape index (κ1) is 19.8. The van der Waals surface area contributed by atoms with Gasteiger partial charge in [-0.25, -0.2) is 9.97 Å². The molecule has 4 rings (SSSR count). The SMILES string of the molecule is O=C(CSc1nc(CN2CCOCC2)nc2ccccc12)NCc1ccccc1. The van der Waals surface area contributed by atoms with Crippen LogP contribution < -0.4 is 5.32 Å². The maximum Gasteiger partial charge on any atom is 0.230 e. The summed E-state index contributed by atoms with van der Waals surface area (Å²) in [6, 6.07) is 17.9. The highest BCUT2D eigenvalue weighted by atomic mass is 32.2. The van der Waals surface area contributed by atoms with Gasteiger partial charge in [-0.2, -0.15) is 0 Å². The number of amides is 1. The van der Waals surface area contributed by atoms with Gasteiger partial charge >= 0.3 is 0 Å². The summed E-state index contributed by atoms with van der Waals surface area (Å²) in [5, 5.41) is 4.81. The molecule has 1 N–H and O–H groups in total. The number of morpholine rings is 1. The summed E-state index contributed by atoms with van der Waals surface area (Å²) in [5.41, 5.74) is 2.00. The second-order valence-corrected chi connectivity index (χ2v) is 7.87. The average Bonchev–Trinajstić information content (AvgIpc) is 2.77. The molecule has 0 unspecified atom stereocenters. The van der Waals surface area contributed by atoms with Crippen molar-refractivity contribution in [3.05, 3.63) is 66.0 Å². The lowest BCUT2D eigenvalue weighted by atomic mass is 10.2. The number of fused-ring (bicyclic) bond motifs is 1. The molecule has 1 amide bonds. The van der Waals surface area contributed by atoms with Crippen LogP contribution in [0.15, 0.2) is 59.6 Å². The average molecular weight is 409 g/mol. The number of hydrogen-bond acceptors (Lipinski definition) is 6. The fourth-order valence-electron chi connectivity index (χ4n) is 3.21. The summed E-state index contributed by atoms with van der Waals surface area (Å²) < 4.78 is 5.42. The van der Waals surface area contributed by atoms with Crippen LogP contribution in [0.25, 0.3) is 10.9 Å². The van der Waals surface area contributed by atoms with Crippen molar-refractivity contribution in [1.82, 2.24) is 20.2 Å². The first-order valence-electron chi connectivity index (χ1n) is 9.77. The fraction of sp³-hybridized carbons (Fsp3) is 0.318. The quantitative estimate of drug-likeness (QED) is 0.479. The van der Waals surface area contributed by atoms with Gasteiger partial charge in [0.25, 0.3) is 0 Å². The number of ether oxygens (including phenoxy) is 1. The van der Waals surface area contributed by atoms with E-state index in [2.05, 4.69) is 10.2 Å². The van der Waals surface area contributed by atoms with Crippen molar-refractivity contribution >= 4 is 28.6 Å². The lowest BCUT2D eigenvalue weighted by molar-refractivity contribution is -0.118. The van der Waals surface area contributed by atoms with E-state index in [0.717, 1.165) is 53.6 Å². The fourth-order valence-corrected chi connectivity index (χ4v) is 4.08. The lowest BCUT2D eigenvalue weighted by Crippen LogP contribution is -2.36. The molecular weight excluding hydrogens is 384 g/mol. The zero-order valence-corrected chi connectivity index (χ0v) is 17.0. The van der Waals surface area contributed by atoms with E-state index < -0.39 is 0 Å². The third kappa shape index (κ3) is 5.53. The lowest BCUT2D eigenvalue weighted by Gasteiger charge is -2.25. The van der Waals surface area contributed by atoms with Crippen molar-refractivity contribution in [3.8, 4) is 0 Å². The second-order valence-electron chi connectivity index (χ2n) is 6.90. The molecule has 1 aliphatic heterocycles. The van der Waals surface area contributed by atoms with E-state index in [-0.39, 0.29) is 5.91 Å². The highest BCUT2D eigenvalue weighted by molar-refractivity contribution is 8.00. The number of aromatic nitrogens is 2. The van der Waals surface area contributed by atoms with E-state index >= 15 is 0 Å². The molecule has 2 heterocycles. The normalized spacial score (nSPS) is 14.8. The molecule has 29 heavy (non-hydrogen) atoms. The van der Waals surface area contributed by atoms with Gasteiger partial charge in [0.2, 0.25) is 5.91 Å². The third-order valence-corrected chi connectivity index (χ3v) is 5.75. The van der Waals surface area contributed by atoms with Gasteiger partial charge in [-0.1, -0.05) is 60.3 Å². The predicted octanol–water partition coefficient (Wildman–Crippen LogP) is 2.87. The van der Waals surface area contributed by atoms with Gasteiger partial charge in [-0.3, -0.25) is 9.69 Å². The zero-order valence-electron chi connectivity index (χ0n) is 16.2. The topological polar surface area (TPSA) is 67.4 Å². The molecule has 0 atom stereocenters. The molecular formula is C22H24N4O2S. The molecule has 0 saturated carbocycles. The molecule has 1 saturated heterocycles. The predicted molar refractivity (Wildman–Crippen MR) is 115 cm³/mol. The van der Waals surface area contributed by atoms with Crippen LogP contribution >= 0.6 is 11.8 Å². The monoisotopic (exact) mass is 408 g/mol. The van der Waals surface area contributed by atoms with Crippen LogP contribution in [-0.2, 0) is 22.6 Å². The minimum Gasteiger partial charge on any atom is -0.379 e. The molecule has 1 fully saturated rings. The van der Waals surface area contributed by atoms with Gasteiger partial charge in [0.15, 0.2) is 0 Å². The number of carbonyl (C=O) groups is 1. The van der Waals surface area contributed by atoms with Crippen LogP contribution in [0.5, 0.6) is 0 Å². The van der Waals surface area contributed by atoms with Crippen LogP contribution in [0.1, 0.15) is 11.4 Å². The largest absolute Gasteiger partial charge is 0.379 e. The van der Waals surface area contributed by atoms with Crippen molar-refractivity contribution in [1.29, 1.82) is 0 Å². The first-order valence-corrected chi connectivity index (χ1v) is 10.8. The van der Waals surface area contributed by atoms with E-state index in [1.807, 2.05) is 54.6 Å². The Labute approximate surface area is 174 Å². The molecule has 0 radical (unpaired) electrons. The van der Waals surface area contributed by atoms with Gasteiger partial charge in [-0.05, 0) is 11.6 Å². The third-order valence-electron chi connectivity index (χ3n) is 4.76. The maximum absolute atomic E-state index is 12.3. The van der Waals surface area contributed by atoms with Crippen LogP contribution in [0.4, 0.5) is 0 Å². The van der Waals surface area contributed by atoms with Crippen molar-refractivity contribution in [3.63, 3.8) is 0 Å². The van der Waals surface area contributed by atoms with Crippen LogP contribution in [-0.4, -0.2) is 52.8 Å². The minimum absolute atomic E-state index is 0.00345. The molecule has 6 nitrogen and oxygen atoms in total. The van der Waals surface area contributed by atoms with Crippen LogP contribution in [0, 0.1) is 0 Å². The highest BCUT2D eigenvalue weighted by Gasteiger charge is 2.15. The molecule has 2 aromatic carbocycles. The minimum atomic E-state index is -0.00345. The van der Waals surface area contributed by atoms with E-state index in [1.165, 1.54) is 11.8 Å². The van der Waals surface area contributed by atoms with Crippen molar-refractivity contribution < 1.29 is 9.53 Å². The summed E-state index contributed by atoms with van der Waals surface area (Å²) in [6.45, 7) is 4.50. The number of hydrogen-bond donors (Lipinski definition) is 1. The molecule has 0 spiro atoms. The summed E-state index contributed by atoms with van der Waals surface area (Å²) in [4.78, 5) is 24.1. The van der Waals surface area contributed by atoms with E-state index in [0.29, 0.717) is 18.8 Å². The van der Waals surface area contributed by atoms with Crippen molar-refractivity contribution in [2.24, 2.45) is 0 Å². The highest BCUT2D eigenvalue weighted by Crippen LogP contribution is 2.25. The van der Waals surface area contributed by atoms with Gasteiger partial charge in [0, 0.05) is 25.0 Å². The number of carbonyl (C=O) groups excluding carboxylic acids is 1. The van der Waals surface area contributed by atoms with Crippen LogP contribution in [0.3, 0.4) is 0 Å². The zero-order chi connectivity index (χ0) is 19.9. The Morgan fingerprint density at radius 3 is 2.62 bits per heavy atom. The number of rotatable bonds is 7. The first-order chi connectivity index (χ1) is 14.3. The maximum atomic E-state index is 12.3. The molecule has 0 bridgehead atoms. The van der Waals surface area contributed by atoms with Gasteiger partial charge in [0.05, 0.1) is 31.0 Å².